The van der Waals surface area contributed by atoms with E-state index in [-0.39, 0.29) is 5.82 Å². The monoisotopic (exact) mass is 354 g/mol. The highest BCUT2D eigenvalue weighted by molar-refractivity contribution is 6.30. The summed E-state index contributed by atoms with van der Waals surface area (Å²) in [7, 11) is 1.50. The Balaban J connectivity index is 1.90. The molecule has 4 rings (SSSR count). The van der Waals surface area contributed by atoms with Crippen molar-refractivity contribution in [1.29, 1.82) is 0 Å². The molecule has 0 aliphatic heterocycles. The summed E-state index contributed by atoms with van der Waals surface area (Å²) in [6.45, 7) is 0. The van der Waals surface area contributed by atoms with Gasteiger partial charge in [-0.25, -0.2) is 9.37 Å². The first-order chi connectivity index (χ1) is 12.2. The van der Waals surface area contributed by atoms with Gasteiger partial charge >= 0.3 is 0 Å². The molecular formula is C18H12ClFN4O. The largest absolute Gasteiger partial charge is 0.496 e. The molecule has 0 bridgehead atoms. The predicted molar refractivity (Wildman–Crippen MR) is 93.2 cm³/mol. The van der Waals surface area contributed by atoms with Gasteiger partial charge in [0.1, 0.15) is 11.6 Å². The number of fused-ring (bicyclic) bond motifs is 1. The lowest BCUT2D eigenvalue weighted by molar-refractivity contribution is 0.412. The van der Waals surface area contributed by atoms with Crippen LogP contribution in [0.3, 0.4) is 0 Å². The van der Waals surface area contributed by atoms with Crippen molar-refractivity contribution < 1.29 is 9.13 Å². The fourth-order valence-corrected chi connectivity index (χ4v) is 2.72. The lowest BCUT2D eigenvalue weighted by Crippen LogP contribution is -1.98. The van der Waals surface area contributed by atoms with Gasteiger partial charge in [0, 0.05) is 28.4 Å². The van der Waals surface area contributed by atoms with Crippen molar-refractivity contribution in [2.24, 2.45) is 0 Å². The third-order valence-electron chi connectivity index (χ3n) is 3.78. The average molecular weight is 355 g/mol. The number of hydrogen-bond acceptors (Lipinski definition) is 4. The molecule has 0 atom stereocenters. The molecule has 25 heavy (non-hydrogen) atoms. The van der Waals surface area contributed by atoms with E-state index in [9.17, 15) is 4.39 Å². The third kappa shape index (κ3) is 2.81. The Bertz CT molecular complexity index is 1060. The van der Waals surface area contributed by atoms with Crippen molar-refractivity contribution in [3.63, 3.8) is 0 Å². The maximum atomic E-state index is 13.5. The van der Waals surface area contributed by atoms with Crippen molar-refractivity contribution in [3.05, 3.63) is 65.6 Å². The zero-order valence-electron chi connectivity index (χ0n) is 13.1. The highest BCUT2D eigenvalue weighted by Crippen LogP contribution is 2.31. The van der Waals surface area contributed by atoms with E-state index in [0.29, 0.717) is 33.6 Å². The zero-order valence-corrected chi connectivity index (χ0v) is 13.9. The molecule has 2 aromatic heterocycles. The Morgan fingerprint density at radius 1 is 1.08 bits per heavy atom. The highest BCUT2D eigenvalue weighted by Gasteiger charge is 2.14. The molecule has 0 spiro atoms. The van der Waals surface area contributed by atoms with Gasteiger partial charge in [0.15, 0.2) is 5.82 Å². The van der Waals surface area contributed by atoms with Crippen LogP contribution >= 0.6 is 11.6 Å². The third-order valence-corrected chi connectivity index (χ3v) is 4.03. The van der Waals surface area contributed by atoms with Gasteiger partial charge in [-0.2, -0.15) is 9.50 Å². The zero-order chi connectivity index (χ0) is 17.4. The molecule has 2 heterocycles. The van der Waals surface area contributed by atoms with E-state index in [1.54, 1.807) is 35.0 Å². The molecule has 0 fully saturated rings. The van der Waals surface area contributed by atoms with Gasteiger partial charge in [-0.05, 0) is 42.5 Å². The topological polar surface area (TPSA) is 52.3 Å². The van der Waals surface area contributed by atoms with Gasteiger partial charge < -0.3 is 4.74 Å². The molecule has 0 amide bonds. The molecule has 0 saturated heterocycles. The molecule has 0 aliphatic rings. The maximum Gasteiger partial charge on any atom is 0.253 e. The van der Waals surface area contributed by atoms with Crippen LogP contribution < -0.4 is 4.74 Å². The Morgan fingerprint density at radius 2 is 1.88 bits per heavy atom. The molecule has 0 unspecified atom stereocenters. The van der Waals surface area contributed by atoms with Crippen LogP contribution in [0.25, 0.3) is 28.4 Å². The standard InChI is InChI=1S/C18H12ClFN4O/c1-25-16-10-13(20)6-7-14(16)15-8-9-21-18-22-17(23-24(15)18)11-2-4-12(19)5-3-11/h2-10H,1H3. The Hall–Kier alpha value is -2.99. The maximum absolute atomic E-state index is 13.5. The Kier molecular flexibility index (Phi) is 3.82. The first-order valence-corrected chi connectivity index (χ1v) is 7.85. The predicted octanol–water partition coefficient (Wildman–Crippen LogP) is 4.26. The van der Waals surface area contributed by atoms with Crippen molar-refractivity contribution in [1.82, 2.24) is 19.6 Å². The molecular weight excluding hydrogens is 343 g/mol. The minimum Gasteiger partial charge on any atom is -0.496 e. The summed E-state index contributed by atoms with van der Waals surface area (Å²) in [5.74, 6) is 1.01. The molecule has 7 heteroatoms. The fourth-order valence-electron chi connectivity index (χ4n) is 2.60. The van der Waals surface area contributed by atoms with Crippen molar-refractivity contribution in [3.8, 4) is 28.4 Å². The number of rotatable bonds is 3. The van der Waals surface area contributed by atoms with Crippen LogP contribution in [-0.2, 0) is 0 Å². The number of aromatic nitrogens is 4. The van der Waals surface area contributed by atoms with Gasteiger partial charge in [0.05, 0.1) is 12.8 Å². The lowest BCUT2D eigenvalue weighted by atomic mass is 10.1. The van der Waals surface area contributed by atoms with E-state index in [0.717, 1.165) is 5.56 Å². The van der Waals surface area contributed by atoms with Crippen LogP contribution in [-0.4, -0.2) is 26.7 Å². The molecule has 2 aromatic carbocycles. The van der Waals surface area contributed by atoms with Crippen LogP contribution in [0.15, 0.2) is 54.7 Å². The highest BCUT2D eigenvalue weighted by atomic mass is 35.5. The second-order valence-corrected chi connectivity index (χ2v) is 5.77. The van der Waals surface area contributed by atoms with E-state index in [1.807, 2.05) is 12.1 Å². The molecule has 5 nitrogen and oxygen atoms in total. The van der Waals surface area contributed by atoms with E-state index in [2.05, 4.69) is 15.1 Å². The van der Waals surface area contributed by atoms with E-state index in [1.165, 1.54) is 19.2 Å². The Morgan fingerprint density at radius 3 is 2.64 bits per heavy atom. The van der Waals surface area contributed by atoms with Gasteiger partial charge in [0.2, 0.25) is 0 Å². The summed E-state index contributed by atoms with van der Waals surface area (Å²) in [5, 5.41) is 5.18. The second kappa shape index (κ2) is 6.14. The molecule has 4 aromatic rings. The van der Waals surface area contributed by atoms with Crippen molar-refractivity contribution in [2.75, 3.05) is 7.11 Å². The number of benzene rings is 2. The SMILES string of the molecule is COc1cc(F)ccc1-c1ccnc2nc(-c3ccc(Cl)cc3)nn12. The van der Waals surface area contributed by atoms with Gasteiger partial charge in [-0.1, -0.05) is 11.6 Å². The smallest absolute Gasteiger partial charge is 0.253 e. The number of ether oxygens (including phenoxy) is 1. The molecule has 124 valence electrons. The average Bonchev–Trinajstić information content (AvgIpc) is 3.06. The number of hydrogen-bond donors (Lipinski definition) is 0. The first kappa shape index (κ1) is 15.5. The molecule has 0 saturated carbocycles. The lowest BCUT2D eigenvalue weighted by Gasteiger charge is -2.09. The van der Waals surface area contributed by atoms with Crippen molar-refractivity contribution >= 4 is 17.4 Å². The number of halogens is 2. The summed E-state index contributed by atoms with van der Waals surface area (Å²) in [6, 6.07) is 13.4. The summed E-state index contributed by atoms with van der Waals surface area (Å²) < 4.78 is 20.4. The van der Waals surface area contributed by atoms with Crippen LogP contribution in [0, 0.1) is 5.82 Å². The normalized spacial score (nSPS) is 11.0. The quantitative estimate of drug-likeness (QED) is 0.551. The van der Waals surface area contributed by atoms with Gasteiger partial charge in [-0.3, -0.25) is 0 Å². The van der Waals surface area contributed by atoms with Crippen LogP contribution in [0.1, 0.15) is 0 Å². The number of methoxy groups -OCH3 is 1. The van der Waals surface area contributed by atoms with Crippen LogP contribution in [0.2, 0.25) is 5.02 Å². The summed E-state index contributed by atoms with van der Waals surface area (Å²) in [6.07, 6.45) is 1.63. The molecule has 0 aliphatic carbocycles. The van der Waals surface area contributed by atoms with Gasteiger partial charge in [0.25, 0.3) is 5.78 Å². The first-order valence-electron chi connectivity index (χ1n) is 7.47. The summed E-state index contributed by atoms with van der Waals surface area (Å²) in [4.78, 5) is 8.71. The van der Waals surface area contributed by atoms with Crippen LogP contribution in [0.5, 0.6) is 5.75 Å². The summed E-state index contributed by atoms with van der Waals surface area (Å²) in [5.41, 5.74) is 2.23. The van der Waals surface area contributed by atoms with E-state index in [4.69, 9.17) is 16.3 Å². The molecule has 0 radical (unpaired) electrons. The minimum atomic E-state index is -0.369. The van der Waals surface area contributed by atoms with Crippen molar-refractivity contribution in [2.45, 2.75) is 0 Å². The van der Waals surface area contributed by atoms with Gasteiger partial charge in [-0.15, -0.1) is 5.10 Å². The van der Waals surface area contributed by atoms with Crippen LogP contribution in [0.4, 0.5) is 4.39 Å². The summed E-state index contributed by atoms with van der Waals surface area (Å²) >= 11 is 5.93. The molecule has 0 N–H and O–H groups in total. The second-order valence-electron chi connectivity index (χ2n) is 5.33. The Labute approximate surface area is 147 Å². The minimum absolute atomic E-state index is 0.369. The van der Waals surface area contributed by atoms with E-state index < -0.39 is 0 Å². The number of nitrogens with zero attached hydrogens (tertiary/aromatic N) is 4. The fraction of sp³-hybridized carbons (Fsp3) is 0.0556. The van der Waals surface area contributed by atoms with E-state index >= 15 is 0 Å².